The van der Waals surface area contributed by atoms with Crippen LogP contribution in [-0.2, 0) is 16.1 Å². The summed E-state index contributed by atoms with van der Waals surface area (Å²) in [6, 6.07) is 1.77. The molecule has 1 aromatic heterocycles. The molecule has 1 aliphatic rings. The topological polar surface area (TPSA) is 125 Å². The second-order valence-corrected chi connectivity index (χ2v) is 6.89. The zero-order valence-electron chi connectivity index (χ0n) is 15.6. The quantitative estimate of drug-likeness (QED) is 0.463. The molecule has 0 aliphatic heterocycles. The maximum Gasteiger partial charge on any atom is 0.325 e. The molecule has 9 heteroatoms. The number of aromatic nitrogens is 2. The first-order valence-corrected chi connectivity index (χ1v) is 9.62. The summed E-state index contributed by atoms with van der Waals surface area (Å²) in [5.41, 5.74) is 0. The van der Waals surface area contributed by atoms with Gasteiger partial charge in [0.1, 0.15) is 6.54 Å². The minimum absolute atomic E-state index is 0.100. The van der Waals surface area contributed by atoms with Gasteiger partial charge in [0.2, 0.25) is 5.91 Å². The molecule has 0 bridgehead atoms. The highest BCUT2D eigenvalue weighted by Crippen LogP contribution is 2.17. The number of carbonyl (C=O) groups is 3. The van der Waals surface area contributed by atoms with E-state index in [-0.39, 0.29) is 18.5 Å². The van der Waals surface area contributed by atoms with Crippen LogP contribution in [0.3, 0.4) is 0 Å². The second kappa shape index (κ2) is 11.2. The van der Waals surface area contributed by atoms with Gasteiger partial charge in [-0.25, -0.2) is 4.79 Å². The van der Waals surface area contributed by atoms with Gasteiger partial charge in [-0.3, -0.25) is 14.3 Å². The highest BCUT2D eigenvalue weighted by molar-refractivity contribution is 5.89. The van der Waals surface area contributed by atoms with E-state index in [1.807, 2.05) is 0 Å². The van der Waals surface area contributed by atoms with E-state index in [2.05, 4.69) is 21.0 Å². The van der Waals surface area contributed by atoms with Gasteiger partial charge in [0.15, 0.2) is 5.82 Å². The van der Waals surface area contributed by atoms with Crippen LogP contribution in [0.2, 0.25) is 0 Å². The Bertz CT molecular complexity index is 625. The van der Waals surface area contributed by atoms with Crippen molar-refractivity contribution in [3.8, 4) is 0 Å². The van der Waals surface area contributed by atoms with Crippen LogP contribution >= 0.6 is 0 Å². The second-order valence-electron chi connectivity index (χ2n) is 6.89. The number of carboxylic acids is 1. The number of aliphatic carboxylic acids is 1. The van der Waals surface area contributed by atoms with E-state index in [1.54, 1.807) is 6.07 Å². The Labute approximate surface area is 158 Å². The van der Waals surface area contributed by atoms with Crippen molar-refractivity contribution in [2.45, 2.75) is 70.4 Å². The third-order valence-electron chi connectivity index (χ3n) is 4.51. The Morgan fingerprint density at radius 2 is 1.93 bits per heavy atom. The Kier molecular flexibility index (Phi) is 8.60. The van der Waals surface area contributed by atoms with Crippen LogP contribution in [0.1, 0.15) is 57.8 Å². The maximum absolute atomic E-state index is 11.8. The molecular formula is C18H29N5O4. The zero-order valence-corrected chi connectivity index (χ0v) is 15.6. The summed E-state index contributed by atoms with van der Waals surface area (Å²) in [5.74, 6) is -0.794. The van der Waals surface area contributed by atoms with Crippen LogP contribution in [0, 0.1) is 0 Å². The molecule has 27 heavy (non-hydrogen) atoms. The number of carboxylic acid groups (broad SMARTS) is 1. The van der Waals surface area contributed by atoms with Crippen molar-refractivity contribution in [2.75, 3.05) is 11.9 Å². The smallest absolute Gasteiger partial charge is 0.325 e. The lowest BCUT2D eigenvalue weighted by Crippen LogP contribution is -2.43. The van der Waals surface area contributed by atoms with Crippen LogP contribution in [0.15, 0.2) is 12.3 Å². The number of rotatable bonds is 10. The van der Waals surface area contributed by atoms with Gasteiger partial charge in [0, 0.05) is 31.3 Å². The summed E-state index contributed by atoms with van der Waals surface area (Å²) in [6.07, 6.45) is 10.0. The van der Waals surface area contributed by atoms with Crippen molar-refractivity contribution in [2.24, 2.45) is 0 Å². The van der Waals surface area contributed by atoms with Gasteiger partial charge in [-0.05, 0) is 25.7 Å². The predicted octanol–water partition coefficient (Wildman–Crippen LogP) is 2.10. The molecule has 0 spiro atoms. The van der Waals surface area contributed by atoms with Crippen molar-refractivity contribution in [1.82, 2.24) is 20.4 Å². The van der Waals surface area contributed by atoms with Crippen LogP contribution in [0.4, 0.5) is 10.6 Å². The van der Waals surface area contributed by atoms with Crippen LogP contribution in [0.5, 0.6) is 0 Å². The summed E-state index contributed by atoms with van der Waals surface area (Å²) in [7, 11) is 0. The summed E-state index contributed by atoms with van der Waals surface area (Å²) in [5, 5.41) is 21.2. The molecule has 4 N–H and O–H groups in total. The molecule has 0 radical (unpaired) electrons. The normalized spacial score (nSPS) is 14.5. The molecule has 1 aliphatic carbocycles. The average molecular weight is 379 g/mol. The van der Waals surface area contributed by atoms with Crippen molar-refractivity contribution in [1.29, 1.82) is 0 Å². The molecule has 1 heterocycles. The first-order chi connectivity index (χ1) is 13.0. The molecule has 0 atom stereocenters. The van der Waals surface area contributed by atoms with Gasteiger partial charge in [0.05, 0.1) is 0 Å². The summed E-state index contributed by atoms with van der Waals surface area (Å²) < 4.78 is 1.25. The van der Waals surface area contributed by atoms with Crippen molar-refractivity contribution < 1.29 is 19.5 Å². The van der Waals surface area contributed by atoms with E-state index in [9.17, 15) is 14.4 Å². The van der Waals surface area contributed by atoms with E-state index in [4.69, 9.17) is 5.11 Å². The molecule has 0 unspecified atom stereocenters. The van der Waals surface area contributed by atoms with Crippen molar-refractivity contribution in [3.05, 3.63) is 12.3 Å². The highest BCUT2D eigenvalue weighted by Gasteiger charge is 2.15. The van der Waals surface area contributed by atoms with Gasteiger partial charge in [-0.2, -0.15) is 5.10 Å². The number of nitrogens with one attached hydrogen (secondary N) is 3. The SMILES string of the molecule is O=C(O)Cn1ccc(NC(=O)CCCCCNC(=O)NC2CCCCC2)n1. The standard InChI is InChI=1S/C18H29N5O4/c24-16(21-15-10-12-23(22-15)13-17(25)26)9-5-2-6-11-19-18(27)20-14-7-3-1-4-8-14/h10,12,14H,1-9,11,13H2,(H,25,26)(H2,19,20,27)(H,21,22,24). The monoisotopic (exact) mass is 379 g/mol. The Balaban J connectivity index is 1.49. The van der Waals surface area contributed by atoms with E-state index >= 15 is 0 Å². The number of hydrogen-bond acceptors (Lipinski definition) is 4. The van der Waals surface area contributed by atoms with Gasteiger partial charge in [0.25, 0.3) is 0 Å². The summed E-state index contributed by atoms with van der Waals surface area (Å²) in [4.78, 5) is 34.2. The van der Waals surface area contributed by atoms with Crippen LogP contribution < -0.4 is 16.0 Å². The Hall–Kier alpha value is -2.58. The van der Waals surface area contributed by atoms with Gasteiger partial charge >= 0.3 is 12.0 Å². The lowest BCUT2D eigenvalue weighted by atomic mass is 9.96. The minimum atomic E-state index is -0.989. The molecule has 3 amide bonds. The van der Waals surface area contributed by atoms with Gasteiger partial charge in [-0.15, -0.1) is 0 Å². The molecule has 9 nitrogen and oxygen atoms in total. The molecule has 150 valence electrons. The molecule has 1 aromatic rings. The number of unbranched alkanes of at least 4 members (excludes halogenated alkanes) is 2. The molecule has 1 saturated carbocycles. The largest absolute Gasteiger partial charge is 0.480 e. The van der Waals surface area contributed by atoms with E-state index in [1.165, 1.54) is 30.1 Å². The Morgan fingerprint density at radius 3 is 2.67 bits per heavy atom. The third-order valence-corrected chi connectivity index (χ3v) is 4.51. The first kappa shape index (κ1) is 20.7. The number of urea groups is 1. The van der Waals surface area contributed by atoms with Gasteiger partial charge < -0.3 is 21.1 Å². The third kappa shape index (κ3) is 8.57. The van der Waals surface area contributed by atoms with Crippen molar-refractivity contribution in [3.63, 3.8) is 0 Å². The number of nitrogens with zero attached hydrogens (tertiary/aromatic N) is 2. The lowest BCUT2D eigenvalue weighted by Gasteiger charge is -2.22. The van der Waals surface area contributed by atoms with E-state index < -0.39 is 5.97 Å². The fourth-order valence-corrected chi connectivity index (χ4v) is 3.13. The summed E-state index contributed by atoms with van der Waals surface area (Å²) >= 11 is 0. The number of hydrogen-bond donors (Lipinski definition) is 4. The molecular weight excluding hydrogens is 350 g/mol. The molecule has 0 aromatic carbocycles. The molecule has 1 fully saturated rings. The number of anilines is 1. The fraction of sp³-hybridized carbons (Fsp3) is 0.667. The number of amides is 3. The summed E-state index contributed by atoms with van der Waals surface area (Å²) in [6.45, 7) is 0.358. The van der Waals surface area contributed by atoms with Gasteiger partial charge in [-0.1, -0.05) is 25.7 Å². The van der Waals surface area contributed by atoms with Crippen LogP contribution in [0.25, 0.3) is 0 Å². The predicted molar refractivity (Wildman–Crippen MR) is 100 cm³/mol. The number of carbonyl (C=O) groups excluding carboxylic acids is 2. The minimum Gasteiger partial charge on any atom is -0.480 e. The zero-order chi connectivity index (χ0) is 19.5. The maximum atomic E-state index is 11.8. The fourth-order valence-electron chi connectivity index (χ4n) is 3.13. The lowest BCUT2D eigenvalue weighted by molar-refractivity contribution is -0.137. The average Bonchev–Trinajstić information content (AvgIpc) is 3.04. The Morgan fingerprint density at radius 1 is 1.15 bits per heavy atom. The first-order valence-electron chi connectivity index (χ1n) is 9.62. The van der Waals surface area contributed by atoms with E-state index in [0.717, 1.165) is 25.7 Å². The van der Waals surface area contributed by atoms with Crippen molar-refractivity contribution >= 4 is 23.7 Å². The molecule has 2 rings (SSSR count). The van der Waals surface area contributed by atoms with Crippen LogP contribution in [-0.4, -0.2) is 45.4 Å². The van der Waals surface area contributed by atoms with E-state index in [0.29, 0.717) is 31.2 Å². The highest BCUT2D eigenvalue weighted by atomic mass is 16.4. The molecule has 0 saturated heterocycles.